The van der Waals surface area contributed by atoms with Crippen LogP contribution in [0.25, 0.3) is 0 Å². The van der Waals surface area contributed by atoms with E-state index in [1.54, 1.807) is 13.0 Å². The van der Waals surface area contributed by atoms with Crippen molar-refractivity contribution in [3.63, 3.8) is 0 Å². The van der Waals surface area contributed by atoms with Gasteiger partial charge in [0, 0.05) is 17.8 Å². The van der Waals surface area contributed by atoms with Crippen LogP contribution in [0.3, 0.4) is 0 Å². The summed E-state index contributed by atoms with van der Waals surface area (Å²) in [6, 6.07) is 4.30. The smallest absolute Gasteiger partial charge is 0.337 e. The lowest BCUT2D eigenvalue weighted by Crippen LogP contribution is -2.32. The predicted molar refractivity (Wildman–Crippen MR) is 94.0 cm³/mol. The summed E-state index contributed by atoms with van der Waals surface area (Å²) in [4.78, 5) is 11.5. The second-order valence-electron chi connectivity index (χ2n) is 6.42. The molecule has 0 aromatic heterocycles. The minimum absolute atomic E-state index is 0.00685. The first-order valence-corrected chi connectivity index (χ1v) is 9.98. The molecule has 1 atom stereocenters. The van der Waals surface area contributed by atoms with Crippen molar-refractivity contribution in [1.82, 2.24) is 4.72 Å². The van der Waals surface area contributed by atoms with E-state index < -0.39 is 16.0 Å². The number of carbonyl (C=O) groups is 1. The minimum atomic E-state index is -3.72. The summed E-state index contributed by atoms with van der Waals surface area (Å²) in [5.74, 6) is -1.13. The van der Waals surface area contributed by atoms with Gasteiger partial charge < -0.3 is 10.4 Å². The van der Waals surface area contributed by atoms with Crippen molar-refractivity contribution in [1.29, 1.82) is 0 Å². The Morgan fingerprint density at radius 1 is 1.29 bits per heavy atom. The maximum absolute atomic E-state index is 12.4. The number of carboxylic acids is 1. The topological polar surface area (TPSA) is 95.5 Å². The molecular formula is C17H26N2O4S. The van der Waals surface area contributed by atoms with Gasteiger partial charge in [0.05, 0.1) is 10.5 Å². The molecule has 7 heteroatoms. The first-order chi connectivity index (χ1) is 11.3. The third-order valence-corrected chi connectivity index (χ3v) is 6.05. The molecule has 1 aromatic rings. The van der Waals surface area contributed by atoms with Crippen LogP contribution in [0.5, 0.6) is 0 Å². The lowest BCUT2D eigenvalue weighted by atomic mass is 9.95. The predicted octanol–water partition coefficient (Wildman–Crippen LogP) is 3.21. The van der Waals surface area contributed by atoms with Crippen molar-refractivity contribution in [3.05, 3.63) is 23.8 Å². The molecule has 1 fully saturated rings. The normalized spacial score (nSPS) is 17.4. The molecule has 0 radical (unpaired) electrons. The van der Waals surface area contributed by atoms with E-state index in [-0.39, 0.29) is 22.5 Å². The molecule has 1 aromatic carbocycles. The summed E-state index contributed by atoms with van der Waals surface area (Å²) in [5.41, 5.74) is 0.476. The number of carboxylic acid groups (broad SMARTS) is 1. The van der Waals surface area contributed by atoms with Gasteiger partial charge in [-0.05, 0) is 44.4 Å². The van der Waals surface area contributed by atoms with Gasteiger partial charge in [0.25, 0.3) is 0 Å². The van der Waals surface area contributed by atoms with Crippen molar-refractivity contribution in [2.75, 3.05) is 5.32 Å². The molecule has 1 aliphatic carbocycles. The zero-order valence-electron chi connectivity index (χ0n) is 14.2. The van der Waals surface area contributed by atoms with Gasteiger partial charge in [-0.2, -0.15) is 0 Å². The van der Waals surface area contributed by atoms with Crippen molar-refractivity contribution >= 4 is 21.7 Å². The molecule has 0 aliphatic heterocycles. The molecule has 0 spiro atoms. The fraction of sp³-hybridized carbons (Fsp3) is 0.588. The van der Waals surface area contributed by atoms with E-state index in [1.165, 1.54) is 18.6 Å². The Kier molecular flexibility index (Phi) is 6.23. The van der Waals surface area contributed by atoms with Crippen molar-refractivity contribution < 1.29 is 18.3 Å². The van der Waals surface area contributed by atoms with Gasteiger partial charge in [0.15, 0.2) is 0 Å². The lowest BCUT2D eigenvalue weighted by Gasteiger charge is -2.25. The van der Waals surface area contributed by atoms with Crippen molar-refractivity contribution in [2.45, 2.75) is 69.4 Å². The second-order valence-corrected chi connectivity index (χ2v) is 8.14. The summed E-state index contributed by atoms with van der Waals surface area (Å²) in [6.45, 7) is 3.65. The summed E-state index contributed by atoms with van der Waals surface area (Å²) >= 11 is 0. The summed E-state index contributed by atoms with van der Waals surface area (Å²) in [5, 5.41) is 12.7. The number of rotatable bonds is 7. The third kappa shape index (κ3) is 4.70. The number of nitrogens with one attached hydrogen (secondary N) is 2. The number of anilines is 1. The number of sulfonamides is 1. The Hall–Kier alpha value is -1.60. The minimum Gasteiger partial charge on any atom is -0.478 e. The van der Waals surface area contributed by atoms with E-state index in [0.29, 0.717) is 12.1 Å². The molecule has 3 N–H and O–H groups in total. The van der Waals surface area contributed by atoms with E-state index in [1.807, 2.05) is 6.92 Å². The third-order valence-electron chi connectivity index (χ3n) is 4.47. The van der Waals surface area contributed by atoms with Gasteiger partial charge in [-0.3, -0.25) is 0 Å². The lowest BCUT2D eigenvalue weighted by molar-refractivity contribution is 0.0697. The largest absolute Gasteiger partial charge is 0.478 e. The number of hydrogen-bond donors (Lipinski definition) is 3. The van der Waals surface area contributed by atoms with Gasteiger partial charge >= 0.3 is 5.97 Å². The fourth-order valence-corrected chi connectivity index (χ4v) is 4.23. The Morgan fingerprint density at radius 2 is 1.96 bits per heavy atom. The zero-order valence-corrected chi connectivity index (χ0v) is 15.0. The van der Waals surface area contributed by atoms with Gasteiger partial charge in [0.1, 0.15) is 0 Å². The van der Waals surface area contributed by atoms with Gasteiger partial charge in [-0.15, -0.1) is 0 Å². The van der Waals surface area contributed by atoms with Gasteiger partial charge in [-0.25, -0.2) is 17.9 Å². The molecule has 24 heavy (non-hydrogen) atoms. The molecule has 1 saturated carbocycles. The first-order valence-electron chi connectivity index (χ1n) is 8.49. The standard InChI is InChI=1S/C17H26N2O4S/c1-3-12(2)19-24(22,23)14-9-10-16(15(11-14)17(20)21)18-13-7-5-4-6-8-13/h9-13,18-19H,3-8H2,1-2H3,(H,20,21). The fourth-order valence-electron chi connectivity index (χ4n) is 2.88. The summed E-state index contributed by atoms with van der Waals surface area (Å²) in [6.07, 6.45) is 6.15. The molecule has 0 saturated heterocycles. The molecular weight excluding hydrogens is 328 g/mol. The zero-order chi connectivity index (χ0) is 17.7. The maximum Gasteiger partial charge on any atom is 0.337 e. The number of hydrogen-bond acceptors (Lipinski definition) is 4. The van der Waals surface area contributed by atoms with Crippen LogP contribution in [0.2, 0.25) is 0 Å². The van der Waals surface area contributed by atoms with Crippen LogP contribution in [0.1, 0.15) is 62.7 Å². The summed E-state index contributed by atoms with van der Waals surface area (Å²) in [7, 11) is -3.72. The highest BCUT2D eigenvalue weighted by molar-refractivity contribution is 7.89. The van der Waals surface area contributed by atoms with Crippen LogP contribution < -0.4 is 10.0 Å². The molecule has 2 rings (SSSR count). The van der Waals surface area contributed by atoms with Crippen LogP contribution in [0.15, 0.2) is 23.1 Å². The Bertz CT molecular complexity index is 682. The van der Waals surface area contributed by atoms with Crippen LogP contribution in [-0.2, 0) is 10.0 Å². The van der Waals surface area contributed by atoms with Crippen LogP contribution in [0, 0.1) is 0 Å². The van der Waals surface area contributed by atoms with E-state index in [9.17, 15) is 18.3 Å². The quantitative estimate of drug-likeness (QED) is 0.699. The van der Waals surface area contributed by atoms with E-state index in [4.69, 9.17) is 0 Å². The monoisotopic (exact) mass is 354 g/mol. The average molecular weight is 354 g/mol. The van der Waals surface area contributed by atoms with Crippen LogP contribution >= 0.6 is 0 Å². The van der Waals surface area contributed by atoms with Crippen molar-refractivity contribution in [2.24, 2.45) is 0 Å². The average Bonchev–Trinajstić information content (AvgIpc) is 2.55. The molecule has 1 unspecified atom stereocenters. The Morgan fingerprint density at radius 3 is 2.54 bits per heavy atom. The number of aromatic carboxylic acids is 1. The molecule has 6 nitrogen and oxygen atoms in total. The van der Waals surface area contributed by atoms with Crippen LogP contribution in [0.4, 0.5) is 5.69 Å². The molecule has 0 heterocycles. The SMILES string of the molecule is CCC(C)NS(=O)(=O)c1ccc(NC2CCCCC2)c(C(=O)O)c1. The first kappa shape index (κ1) is 18.7. The van der Waals surface area contributed by atoms with Crippen LogP contribution in [-0.4, -0.2) is 31.6 Å². The van der Waals surface area contributed by atoms with E-state index >= 15 is 0 Å². The molecule has 0 amide bonds. The highest BCUT2D eigenvalue weighted by Gasteiger charge is 2.22. The summed E-state index contributed by atoms with van der Waals surface area (Å²) < 4.78 is 27.3. The Balaban J connectivity index is 2.27. The molecule has 1 aliphatic rings. The molecule has 134 valence electrons. The second kappa shape index (κ2) is 7.98. The van der Waals surface area contributed by atoms with E-state index in [2.05, 4.69) is 10.0 Å². The number of benzene rings is 1. The highest BCUT2D eigenvalue weighted by Crippen LogP contribution is 2.26. The van der Waals surface area contributed by atoms with E-state index in [0.717, 1.165) is 25.7 Å². The maximum atomic E-state index is 12.4. The Labute approximate surface area is 143 Å². The van der Waals surface area contributed by atoms with Crippen molar-refractivity contribution in [3.8, 4) is 0 Å². The van der Waals surface area contributed by atoms with Gasteiger partial charge in [-0.1, -0.05) is 26.2 Å². The van der Waals surface area contributed by atoms with Gasteiger partial charge in [0.2, 0.25) is 10.0 Å². The highest BCUT2D eigenvalue weighted by atomic mass is 32.2. The molecule has 0 bridgehead atoms.